The highest BCUT2D eigenvalue weighted by Crippen LogP contribution is 2.11. The molecule has 0 fully saturated rings. The summed E-state index contributed by atoms with van der Waals surface area (Å²) in [4.78, 5) is 0. The van der Waals surface area contributed by atoms with Gasteiger partial charge >= 0.3 is 0 Å². The van der Waals surface area contributed by atoms with Gasteiger partial charge in [0.15, 0.2) is 0 Å². The maximum Gasteiger partial charge on any atom is 0.0700 e. The lowest BCUT2D eigenvalue weighted by molar-refractivity contribution is 0.0512. The van der Waals surface area contributed by atoms with Crippen LogP contribution in [0.5, 0.6) is 0 Å². The predicted octanol–water partition coefficient (Wildman–Crippen LogP) is 5.35. The summed E-state index contributed by atoms with van der Waals surface area (Å²) >= 11 is 0. The Morgan fingerprint density at radius 1 is 0.474 bits per heavy atom. The second kappa shape index (κ2) is 17.9. The van der Waals surface area contributed by atoms with E-state index >= 15 is 0 Å². The fourth-order valence-electron chi connectivity index (χ4n) is 2.23. The van der Waals surface area contributed by atoms with Crippen molar-refractivity contribution in [3.05, 3.63) is 0 Å². The average molecular weight is 272 g/mol. The van der Waals surface area contributed by atoms with Gasteiger partial charge in [0.05, 0.1) is 13.2 Å². The number of unbranched alkanes of at least 4 members (excludes halogenated alkanes) is 10. The fourth-order valence-corrected chi connectivity index (χ4v) is 2.23. The molecule has 0 radical (unpaired) electrons. The third-order valence-corrected chi connectivity index (χ3v) is 3.47. The maximum absolute atomic E-state index is 5.49. The molecule has 0 aliphatic carbocycles. The molecule has 0 spiro atoms. The van der Waals surface area contributed by atoms with Crippen molar-refractivity contribution in [2.75, 3.05) is 26.4 Å². The molecular weight excluding hydrogens is 236 g/mol. The Morgan fingerprint density at radius 3 is 1.47 bits per heavy atom. The third kappa shape index (κ3) is 17.9. The first kappa shape index (κ1) is 18.9. The van der Waals surface area contributed by atoms with Crippen molar-refractivity contribution in [3.63, 3.8) is 0 Å². The zero-order valence-corrected chi connectivity index (χ0v) is 13.4. The molecule has 0 atom stereocenters. The number of hydrogen-bond acceptors (Lipinski definition) is 2. The molecular formula is C17H36O2. The lowest BCUT2D eigenvalue weighted by atomic mass is 10.1. The summed E-state index contributed by atoms with van der Waals surface area (Å²) in [5, 5.41) is 0. The summed E-state index contributed by atoms with van der Waals surface area (Å²) < 4.78 is 10.7. The van der Waals surface area contributed by atoms with E-state index in [1.54, 1.807) is 0 Å². The van der Waals surface area contributed by atoms with Crippen LogP contribution in [-0.4, -0.2) is 26.4 Å². The quantitative estimate of drug-likeness (QED) is 0.353. The third-order valence-electron chi connectivity index (χ3n) is 3.47. The van der Waals surface area contributed by atoms with Gasteiger partial charge in [-0.2, -0.15) is 0 Å². The minimum Gasteiger partial charge on any atom is -0.379 e. The molecule has 0 aromatic carbocycles. The molecule has 0 unspecified atom stereocenters. The highest BCUT2D eigenvalue weighted by molar-refractivity contribution is 4.48. The monoisotopic (exact) mass is 272 g/mol. The van der Waals surface area contributed by atoms with Gasteiger partial charge in [0.2, 0.25) is 0 Å². The Bertz CT molecular complexity index is 132. The number of rotatable bonds is 16. The van der Waals surface area contributed by atoms with Crippen LogP contribution in [0, 0.1) is 0 Å². The molecule has 0 amide bonds. The van der Waals surface area contributed by atoms with Crippen molar-refractivity contribution in [3.8, 4) is 0 Å². The summed E-state index contributed by atoms with van der Waals surface area (Å²) in [6.07, 6.45) is 15.3. The smallest absolute Gasteiger partial charge is 0.0700 e. The van der Waals surface area contributed by atoms with Crippen LogP contribution in [-0.2, 0) is 9.47 Å². The lowest BCUT2D eigenvalue weighted by Gasteiger charge is -2.04. The molecule has 0 N–H and O–H groups in total. The van der Waals surface area contributed by atoms with Gasteiger partial charge in [0.1, 0.15) is 0 Å². The molecule has 0 bridgehead atoms. The van der Waals surface area contributed by atoms with Crippen molar-refractivity contribution in [1.82, 2.24) is 0 Å². The van der Waals surface area contributed by atoms with Crippen molar-refractivity contribution >= 4 is 0 Å². The molecule has 116 valence electrons. The van der Waals surface area contributed by atoms with Crippen LogP contribution in [0.2, 0.25) is 0 Å². The number of hydrogen-bond donors (Lipinski definition) is 0. The van der Waals surface area contributed by atoms with Gasteiger partial charge < -0.3 is 9.47 Å². The first-order valence-corrected chi connectivity index (χ1v) is 8.57. The maximum atomic E-state index is 5.49. The van der Waals surface area contributed by atoms with Gasteiger partial charge in [-0.25, -0.2) is 0 Å². The average Bonchev–Trinajstić information content (AvgIpc) is 2.43. The fraction of sp³-hybridized carbons (Fsp3) is 1.00. The first-order valence-electron chi connectivity index (χ1n) is 8.57. The van der Waals surface area contributed by atoms with Gasteiger partial charge in [-0.3, -0.25) is 0 Å². The van der Waals surface area contributed by atoms with Crippen molar-refractivity contribution < 1.29 is 9.47 Å². The second-order valence-corrected chi connectivity index (χ2v) is 5.34. The van der Waals surface area contributed by atoms with Crippen molar-refractivity contribution in [1.29, 1.82) is 0 Å². The second-order valence-electron chi connectivity index (χ2n) is 5.34. The first-order chi connectivity index (χ1) is 9.41. The van der Waals surface area contributed by atoms with E-state index in [2.05, 4.69) is 6.92 Å². The Hall–Kier alpha value is -0.0800. The van der Waals surface area contributed by atoms with E-state index in [0.29, 0.717) is 0 Å². The lowest BCUT2D eigenvalue weighted by Crippen LogP contribution is -2.04. The van der Waals surface area contributed by atoms with Crippen LogP contribution in [0.3, 0.4) is 0 Å². The Kier molecular flexibility index (Phi) is 17.8. The minimum absolute atomic E-state index is 0.745. The van der Waals surface area contributed by atoms with Crippen LogP contribution in [0.1, 0.15) is 84.5 Å². The normalized spacial score (nSPS) is 11.1. The van der Waals surface area contributed by atoms with Crippen LogP contribution >= 0.6 is 0 Å². The van der Waals surface area contributed by atoms with E-state index < -0.39 is 0 Å². The molecule has 0 aromatic rings. The van der Waals surface area contributed by atoms with Gasteiger partial charge in [-0.1, -0.05) is 71.1 Å². The molecule has 2 nitrogen and oxygen atoms in total. The zero-order chi connectivity index (χ0) is 14.0. The van der Waals surface area contributed by atoms with Crippen LogP contribution < -0.4 is 0 Å². The van der Waals surface area contributed by atoms with E-state index in [-0.39, 0.29) is 0 Å². The van der Waals surface area contributed by atoms with Crippen molar-refractivity contribution in [2.45, 2.75) is 84.5 Å². The summed E-state index contributed by atoms with van der Waals surface area (Å²) in [6, 6.07) is 0. The summed E-state index contributed by atoms with van der Waals surface area (Å²) in [5.41, 5.74) is 0. The van der Waals surface area contributed by atoms with Gasteiger partial charge in [0, 0.05) is 13.2 Å². The molecule has 0 saturated heterocycles. The number of ether oxygens (including phenoxy) is 2. The molecule has 0 rings (SSSR count). The van der Waals surface area contributed by atoms with Crippen LogP contribution in [0.25, 0.3) is 0 Å². The predicted molar refractivity (Wildman–Crippen MR) is 83.8 cm³/mol. The Morgan fingerprint density at radius 2 is 0.947 bits per heavy atom. The van der Waals surface area contributed by atoms with Crippen LogP contribution in [0.4, 0.5) is 0 Å². The van der Waals surface area contributed by atoms with Crippen LogP contribution in [0.15, 0.2) is 0 Å². The van der Waals surface area contributed by atoms with E-state index in [1.807, 2.05) is 6.92 Å². The molecule has 19 heavy (non-hydrogen) atoms. The topological polar surface area (TPSA) is 18.5 Å². The van der Waals surface area contributed by atoms with E-state index in [9.17, 15) is 0 Å². The summed E-state index contributed by atoms with van der Waals surface area (Å²) in [7, 11) is 0. The zero-order valence-electron chi connectivity index (χ0n) is 13.4. The largest absolute Gasteiger partial charge is 0.379 e. The standard InChI is InChI=1S/C17H36O2/c1-3-5-6-7-8-9-10-11-12-13-14-15-19-17-16-18-4-2/h3-17H2,1-2H3. The Labute approximate surface area is 121 Å². The molecule has 0 aliphatic heterocycles. The SMILES string of the molecule is CCCCCCCCCCCCCOCCOCC. The summed E-state index contributed by atoms with van der Waals surface area (Å²) in [5.74, 6) is 0. The highest BCUT2D eigenvalue weighted by atomic mass is 16.5. The Balaban J connectivity index is 2.88. The van der Waals surface area contributed by atoms with Crippen molar-refractivity contribution in [2.24, 2.45) is 0 Å². The molecule has 0 aromatic heterocycles. The molecule has 0 aliphatic rings. The van der Waals surface area contributed by atoms with E-state index in [1.165, 1.54) is 70.6 Å². The van der Waals surface area contributed by atoms with E-state index in [0.717, 1.165) is 26.4 Å². The van der Waals surface area contributed by atoms with Gasteiger partial charge in [-0.15, -0.1) is 0 Å². The molecule has 0 saturated carbocycles. The van der Waals surface area contributed by atoms with E-state index in [4.69, 9.17) is 9.47 Å². The molecule has 2 heteroatoms. The van der Waals surface area contributed by atoms with Gasteiger partial charge in [-0.05, 0) is 13.3 Å². The van der Waals surface area contributed by atoms with Gasteiger partial charge in [0.25, 0.3) is 0 Å². The summed E-state index contributed by atoms with van der Waals surface area (Å²) in [6.45, 7) is 7.50. The highest BCUT2D eigenvalue weighted by Gasteiger charge is 1.93. The minimum atomic E-state index is 0.745. The molecule has 0 heterocycles.